The Morgan fingerprint density at radius 2 is 1.56 bits per heavy atom. The van der Waals surface area contributed by atoms with Crippen LogP contribution in [0.1, 0.15) is 31.1 Å². The standard InChI is InChI=1S/C18H13Cl2N3O4/c1-21-16(25)9-4-2-3-5-14(9)22-15(24)8-23-17(26)10-6-12(19)13(20)7-11(10)18(23)27/h2-7H,8H2,1H3,(H,21,25)(H,22,24). The number of amides is 4. The lowest BCUT2D eigenvalue weighted by atomic mass is 10.1. The van der Waals surface area contributed by atoms with Gasteiger partial charge in [-0.2, -0.15) is 0 Å². The second kappa shape index (κ2) is 7.38. The van der Waals surface area contributed by atoms with Crippen molar-refractivity contribution in [1.82, 2.24) is 10.2 Å². The van der Waals surface area contributed by atoms with E-state index in [1.807, 2.05) is 0 Å². The highest BCUT2D eigenvalue weighted by atomic mass is 35.5. The topological polar surface area (TPSA) is 95.6 Å². The van der Waals surface area contributed by atoms with Gasteiger partial charge in [-0.1, -0.05) is 35.3 Å². The van der Waals surface area contributed by atoms with Crippen molar-refractivity contribution in [2.45, 2.75) is 0 Å². The van der Waals surface area contributed by atoms with Crippen LogP contribution in [0.25, 0.3) is 0 Å². The molecule has 0 spiro atoms. The first-order valence-electron chi connectivity index (χ1n) is 7.79. The van der Waals surface area contributed by atoms with E-state index in [1.54, 1.807) is 24.3 Å². The smallest absolute Gasteiger partial charge is 0.262 e. The number of anilines is 1. The van der Waals surface area contributed by atoms with Crippen molar-refractivity contribution < 1.29 is 19.2 Å². The van der Waals surface area contributed by atoms with Crippen molar-refractivity contribution in [2.75, 3.05) is 18.9 Å². The maximum Gasteiger partial charge on any atom is 0.262 e. The van der Waals surface area contributed by atoms with Gasteiger partial charge in [0.25, 0.3) is 17.7 Å². The molecule has 2 aromatic rings. The summed E-state index contributed by atoms with van der Waals surface area (Å²) in [6.45, 7) is -0.510. The van der Waals surface area contributed by atoms with Gasteiger partial charge in [0.2, 0.25) is 5.91 Å². The number of halogens is 2. The Balaban J connectivity index is 1.79. The molecule has 0 aliphatic carbocycles. The Bertz CT molecular complexity index is 950. The molecule has 0 atom stereocenters. The van der Waals surface area contributed by atoms with Crippen LogP contribution in [0, 0.1) is 0 Å². The molecule has 27 heavy (non-hydrogen) atoms. The van der Waals surface area contributed by atoms with E-state index in [2.05, 4.69) is 10.6 Å². The third-order valence-electron chi connectivity index (χ3n) is 3.99. The quantitative estimate of drug-likeness (QED) is 0.764. The maximum atomic E-state index is 12.4. The third kappa shape index (κ3) is 3.51. The summed E-state index contributed by atoms with van der Waals surface area (Å²) in [5.41, 5.74) is 0.708. The number of nitrogens with zero attached hydrogens (tertiary/aromatic N) is 1. The zero-order valence-electron chi connectivity index (χ0n) is 14.0. The Morgan fingerprint density at radius 3 is 2.11 bits per heavy atom. The zero-order valence-corrected chi connectivity index (χ0v) is 15.5. The van der Waals surface area contributed by atoms with E-state index in [4.69, 9.17) is 23.2 Å². The summed E-state index contributed by atoms with van der Waals surface area (Å²) in [6, 6.07) is 8.99. The summed E-state index contributed by atoms with van der Waals surface area (Å²) in [6.07, 6.45) is 0. The van der Waals surface area contributed by atoms with E-state index in [1.165, 1.54) is 19.2 Å². The average Bonchev–Trinajstić information content (AvgIpc) is 2.86. The van der Waals surface area contributed by atoms with E-state index >= 15 is 0 Å². The number of fused-ring (bicyclic) bond motifs is 1. The number of nitrogens with one attached hydrogen (secondary N) is 2. The van der Waals surface area contributed by atoms with Crippen LogP contribution in [-0.2, 0) is 4.79 Å². The van der Waals surface area contributed by atoms with Crippen LogP contribution in [0.15, 0.2) is 36.4 Å². The van der Waals surface area contributed by atoms with Crippen molar-refractivity contribution in [2.24, 2.45) is 0 Å². The fourth-order valence-electron chi connectivity index (χ4n) is 2.69. The normalized spacial score (nSPS) is 12.8. The second-order valence-corrected chi connectivity index (χ2v) is 6.50. The number of imide groups is 1. The van der Waals surface area contributed by atoms with E-state index in [0.29, 0.717) is 0 Å². The average molecular weight is 406 g/mol. The van der Waals surface area contributed by atoms with E-state index in [0.717, 1.165) is 4.90 Å². The molecular weight excluding hydrogens is 393 g/mol. The molecule has 1 aliphatic rings. The summed E-state index contributed by atoms with van der Waals surface area (Å²) >= 11 is 11.8. The van der Waals surface area contributed by atoms with Gasteiger partial charge in [0.15, 0.2) is 0 Å². The van der Waals surface area contributed by atoms with Gasteiger partial charge in [-0.05, 0) is 24.3 Å². The van der Waals surface area contributed by atoms with E-state index in [-0.39, 0.29) is 38.3 Å². The van der Waals surface area contributed by atoms with Gasteiger partial charge in [-0.25, -0.2) is 0 Å². The number of carbonyl (C=O) groups excluding carboxylic acids is 4. The van der Waals surface area contributed by atoms with Crippen molar-refractivity contribution in [3.63, 3.8) is 0 Å². The Hall–Kier alpha value is -2.90. The van der Waals surface area contributed by atoms with Crippen LogP contribution < -0.4 is 10.6 Å². The molecule has 4 amide bonds. The molecule has 9 heteroatoms. The minimum atomic E-state index is -0.636. The molecule has 0 saturated heterocycles. The first-order valence-corrected chi connectivity index (χ1v) is 8.55. The summed E-state index contributed by atoms with van der Waals surface area (Å²) in [4.78, 5) is 49.9. The molecule has 2 aromatic carbocycles. The van der Waals surface area contributed by atoms with Crippen molar-refractivity contribution >= 4 is 52.5 Å². The van der Waals surface area contributed by atoms with Gasteiger partial charge in [-0.3, -0.25) is 24.1 Å². The summed E-state index contributed by atoms with van der Waals surface area (Å²) in [5.74, 6) is -2.28. The monoisotopic (exact) mass is 405 g/mol. The first kappa shape index (κ1) is 18.9. The van der Waals surface area contributed by atoms with Crippen LogP contribution in [-0.4, -0.2) is 42.1 Å². The van der Waals surface area contributed by atoms with Crippen LogP contribution in [0.4, 0.5) is 5.69 Å². The highest BCUT2D eigenvalue weighted by Crippen LogP contribution is 2.31. The molecule has 1 aliphatic heterocycles. The fraction of sp³-hybridized carbons (Fsp3) is 0.111. The first-order chi connectivity index (χ1) is 12.8. The van der Waals surface area contributed by atoms with Gasteiger partial charge in [0.05, 0.1) is 32.4 Å². The molecule has 0 saturated carbocycles. The van der Waals surface area contributed by atoms with Crippen molar-refractivity contribution in [3.8, 4) is 0 Å². The number of para-hydroxylation sites is 1. The van der Waals surface area contributed by atoms with Crippen LogP contribution in [0.5, 0.6) is 0 Å². The van der Waals surface area contributed by atoms with Crippen LogP contribution >= 0.6 is 23.2 Å². The minimum absolute atomic E-state index is 0.0907. The van der Waals surface area contributed by atoms with Gasteiger partial charge in [0.1, 0.15) is 6.54 Å². The van der Waals surface area contributed by atoms with Gasteiger partial charge < -0.3 is 10.6 Å². The number of rotatable bonds is 4. The SMILES string of the molecule is CNC(=O)c1ccccc1NC(=O)CN1C(=O)c2cc(Cl)c(Cl)cc2C1=O. The predicted molar refractivity (Wildman–Crippen MR) is 100 cm³/mol. The molecule has 138 valence electrons. The number of hydrogen-bond donors (Lipinski definition) is 2. The molecule has 0 unspecified atom stereocenters. The predicted octanol–water partition coefficient (Wildman–Crippen LogP) is 2.59. The summed E-state index contributed by atoms with van der Waals surface area (Å²) in [5, 5.41) is 5.30. The molecule has 2 N–H and O–H groups in total. The lowest BCUT2D eigenvalue weighted by Gasteiger charge is -2.15. The highest BCUT2D eigenvalue weighted by Gasteiger charge is 2.37. The maximum absolute atomic E-state index is 12.4. The summed E-state index contributed by atoms with van der Waals surface area (Å²) in [7, 11) is 1.47. The third-order valence-corrected chi connectivity index (χ3v) is 4.71. The highest BCUT2D eigenvalue weighted by molar-refractivity contribution is 6.43. The molecular formula is C18H13Cl2N3O4. The summed E-state index contributed by atoms with van der Waals surface area (Å²) < 4.78 is 0. The van der Waals surface area contributed by atoms with Gasteiger partial charge in [0, 0.05) is 7.05 Å². The molecule has 3 rings (SSSR count). The van der Waals surface area contributed by atoms with Crippen LogP contribution in [0.3, 0.4) is 0 Å². The largest absolute Gasteiger partial charge is 0.355 e. The Morgan fingerprint density at radius 1 is 1.00 bits per heavy atom. The number of hydrogen-bond acceptors (Lipinski definition) is 4. The number of benzene rings is 2. The lowest BCUT2D eigenvalue weighted by molar-refractivity contribution is -0.116. The lowest BCUT2D eigenvalue weighted by Crippen LogP contribution is -2.37. The minimum Gasteiger partial charge on any atom is -0.355 e. The van der Waals surface area contributed by atoms with Crippen LogP contribution in [0.2, 0.25) is 10.0 Å². The van der Waals surface area contributed by atoms with E-state index < -0.39 is 24.3 Å². The number of carbonyl (C=O) groups is 4. The van der Waals surface area contributed by atoms with Crippen molar-refractivity contribution in [3.05, 3.63) is 63.1 Å². The molecule has 0 aromatic heterocycles. The Labute approximate surface area is 164 Å². The Kier molecular flexibility index (Phi) is 5.16. The van der Waals surface area contributed by atoms with Crippen molar-refractivity contribution in [1.29, 1.82) is 0 Å². The molecule has 0 bridgehead atoms. The van der Waals surface area contributed by atoms with Gasteiger partial charge >= 0.3 is 0 Å². The van der Waals surface area contributed by atoms with Gasteiger partial charge in [-0.15, -0.1) is 0 Å². The fourth-order valence-corrected chi connectivity index (χ4v) is 3.01. The molecule has 0 radical (unpaired) electrons. The molecule has 0 fully saturated rings. The van der Waals surface area contributed by atoms with E-state index in [9.17, 15) is 19.2 Å². The zero-order chi connectivity index (χ0) is 19.7. The molecule has 1 heterocycles. The second-order valence-electron chi connectivity index (χ2n) is 5.68. The molecule has 7 nitrogen and oxygen atoms in total.